The van der Waals surface area contributed by atoms with Gasteiger partial charge in [-0.2, -0.15) is 0 Å². The van der Waals surface area contributed by atoms with Crippen LogP contribution in [0.25, 0.3) is 0 Å². The third kappa shape index (κ3) is 5.31. The van der Waals surface area contributed by atoms with Crippen LogP contribution in [0.4, 0.5) is 0 Å². The van der Waals surface area contributed by atoms with Crippen LogP contribution in [-0.2, 0) is 4.74 Å². The second-order valence-electron chi connectivity index (χ2n) is 5.51. The normalized spacial score (nSPS) is 28.3. The molecule has 1 rings (SSSR count). The van der Waals surface area contributed by atoms with Crippen molar-refractivity contribution in [3.63, 3.8) is 0 Å². The molecule has 96 valence electrons. The summed E-state index contributed by atoms with van der Waals surface area (Å²) in [6.45, 7) is 8.83. The predicted octanol–water partition coefficient (Wildman–Crippen LogP) is 3.50. The standard InChI is InChI=1S/C14H29NO/c1-5-6-12(4)15-13-7-9-14(10-8-13)16-11(2)3/h11-15H,5-10H2,1-4H3. The molecule has 2 heteroatoms. The Balaban J connectivity index is 2.16. The minimum atomic E-state index is 0.383. The highest BCUT2D eigenvalue weighted by molar-refractivity contribution is 4.79. The van der Waals surface area contributed by atoms with E-state index in [0.29, 0.717) is 18.2 Å². The quantitative estimate of drug-likeness (QED) is 0.750. The number of hydrogen-bond acceptors (Lipinski definition) is 2. The van der Waals surface area contributed by atoms with E-state index < -0.39 is 0 Å². The van der Waals surface area contributed by atoms with Gasteiger partial charge in [0.25, 0.3) is 0 Å². The van der Waals surface area contributed by atoms with Crippen LogP contribution in [0, 0.1) is 0 Å². The van der Waals surface area contributed by atoms with E-state index in [-0.39, 0.29) is 0 Å². The van der Waals surface area contributed by atoms with Gasteiger partial charge in [0.05, 0.1) is 12.2 Å². The summed E-state index contributed by atoms with van der Waals surface area (Å²) in [6, 6.07) is 1.41. The van der Waals surface area contributed by atoms with E-state index in [4.69, 9.17) is 4.74 Å². The van der Waals surface area contributed by atoms with E-state index in [1.165, 1.54) is 38.5 Å². The van der Waals surface area contributed by atoms with Gasteiger partial charge < -0.3 is 10.1 Å². The van der Waals surface area contributed by atoms with Gasteiger partial charge in [0.1, 0.15) is 0 Å². The molecule has 1 N–H and O–H groups in total. The first-order valence-corrected chi connectivity index (χ1v) is 7.03. The average molecular weight is 227 g/mol. The van der Waals surface area contributed by atoms with Crippen LogP contribution in [0.15, 0.2) is 0 Å². The lowest BCUT2D eigenvalue weighted by molar-refractivity contribution is -0.0167. The maximum atomic E-state index is 5.86. The Morgan fingerprint density at radius 3 is 2.25 bits per heavy atom. The van der Waals surface area contributed by atoms with Crippen LogP contribution in [-0.4, -0.2) is 24.3 Å². The third-order valence-corrected chi connectivity index (χ3v) is 3.38. The second kappa shape index (κ2) is 7.29. The summed E-state index contributed by atoms with van der Waals surface area (Å²) in [5.41, 5.74) is 0. The molecule has 0 spiro atoms. The van der Waals surface area contributed by atoms with Crippen LogP contribution in [0.2, 0.25) is 0 Å². The molecule has 0 amide bonds. The zero-order chi connectivity index (χ0) is 12.0. The SMILES string of the molecule is CCCC(C)NC1CCC(OC(C)C)CC1. The molecule has 0 saturated heterocycles. The molecule has 0 heterocycles. The highest BCUT2D eigenvalue weighted by Gasteiger charge is 2.22. The first kappa shape index (κ1) is 14.0. The molecule has 1 aliphatic carbocycles. The van der Waals surface area contributed by atoms with Crippen LogP contribution < -0.4 is 5.32 Å². The maximum Gasteiger partial charge on any atom is 0.0579 e. The van der Waals surface area contributed by atoms with Gasteiger partial charge in [-0.3, -0.25) is 0 Å². The molecular formula is C14H29NO. The van der Waals surface area contributed by atoms with Gasteiger partial charge in [-0.25, -0.2) is 0 Å². The van der Waals surface area contributed by atoms with E-state index in [0.717, 1.165) is 6.04 Å². The topological polar surface area (TPSA) is 21.3 Å². The third-order valence-electron chi connectivity index (χ3n) is 3.38. The van der Waals surface area contributed by atoms with Crippen molar-refractivity contribution in [1.82, 2.24) is 5.32 Å². The van der Waals surface area contributed by atoms with Crippen molar-refractivity contribution < 1.29 is 4.74 Å². The molecule has 1 atom stereocenters. The Bertz CT molecular complexity index is 174. The lowest BCUT2D eigenvalue weighted by atomic mass is 9.92. The number of rotatable bonds is 6. The van der Waals surface area contributed by atoms with Crippen LogP contribution in [0.3, 0.4) is 0 Å². The van der Waals surface area contributed by atoms with E-state index >= 15 is 0 Å². The highest BCUT2D eigenvalue weighted by atomic mass is 16.5. The Morgan fingerprint density at radius 1 is 1.12 bits per heavy atom. The van der Waals surface area contributed by atoms with Crippen molar-refractivity contribution >= 4 is 0 Å². The highest BCUT2D eigenvalue weighted by Crippen LogP contribution is 2.22. The fraction of sp³-hybridized carbons (Fsp3) is 1.00. The van der Waals surface area contributed by atoms with Gasteiger partial charge in [0.15, 0.2) is 0 Å². The van der Waals surface area contributed by atoms with Crippen molar-refractivity contribution in [2.45, 2.75) is 90.5 Å². The smallest absolute Gasteiger partial charge is 0.0579 e. The van der Waals surface area contributed by atoms with E-state index in [1.54, 1.807) is 0 Å². The van der Waals surface area contributed by atoms with Crippen molar-refractivity contribution in [3.05, 3.63) is 0 Å². The molecule has 0 aromatic carbocycles. The molecule has 0 aromatic rings. The molecule has 2 nitrogen and oxygen atoms in total. The summed E-state index contributed by atoms with van der Waals surface area (Å²) in [4.78, 5) is 0. The van der Waals surface area contributed by atoms with Gasteiger partial charge in [-0.15, -0.1) is 0 Å². The monoisotopic (exact) mass is 227 g/mol. The summed E-state index contributed by atoms with van der Waals surface area (Å²) in [5, 5.41) is 3.74. The molecule has 1 aliphatic rings. The minimum absolute atomic E-state index is 0.383. The lowest BCUT2D eigenvalue weighted by Gasteiger charge is -2.32. The summed E-state index contributed by atoms with van der Waals surface area (Å²) in [6.07, 6.45) is 8.50. The zero-order valence-corrected chi connectivity index (χ0v) is 11.5. The van der Waals surface area contributed by atoms with Crippen LogP contribution in [0.1, 0.15) is 66.2 Å². The molecule has 0 aliphatic heterocycles. The van der Waals surface area contributed by atoms with Gasteiger partial charge >= 0.3 is 0 Å². The average Bonchev–Trinajstić information content (AvgIpc) is 2.20. The Kier molecular flexibility index (Phi) is 6.37. The first-order chi connectivity index (χ1) is 7.61. The molecule has 1 unspecified atom stereocenters. The van der Waals surface area contributed by atoms with Gasteiger partial charge in [-0.1, -0.05) is 13.3 Å². The fourth-order valence-corrected chi connectivity index (χ4v) is 2.67. The lowest BCUT2D eigenvalue weighted by Crippen LogP contribution is -2.40. The fourth-order valence-electron chi connectivity index (χ4n) is 2.67. The van der Waals surface area contributed by atoms with Crippen molar-refractivity contribution in [2.24, 2.45) is 0 Å². The molecule has 16 heavy (non-hydrogen) atoms. The summed E-state index contributed by atoms with van der Waals surface area (Å²) >= 11 is 0. The van der Waals surface area contributed by atoms with Gasteiger partial charge in [0.2, 0.25) is 0 Å². The summed E-state index contributed by atoms with van der Waals surface area (Å²) in [5.74, 6) is 0. The second-order valence-corrected chi connectivity index (χ2v) is 5.51. The first-order valence-electron chi connectivity index (χ1n) is 7.03. The van der Waals surface area contributed by atoms with Crippen molar-refractivity contribution in [3.8, 4) is 0 Å². The molecule has 0 aromatic heterocycles. The van der Waals surface area contributed by atoms with Crippen molar-refractivity contribution in [2.75, 3.05) is 0 Å². The van der Waals surface area contributed by atoms with E-state index in [2.05, 4.69) is 33.0 Å². The van der Waals surface area contributed by atoms with Gasteiger partial charge in [0, 0.05) is 12.1 Å². The summed E-state index contributed by atoms with van der Waals surface area (Å²) < 4.78 is 5.86. The maximum absolute atomic E-state index is 5.86. The Hall–Kier alpha value is -0.0800. The minimum Gasteiger partial charge on any atom is -0.376 e. The number of hydrogen-bond donors (Lipinski definition) is 1. The molecule has 0 bridgehead atoms. The largest absolute Gasteiger partial charge is 0.376 e. The molecule has 0 radical (unpaired) electrons. The van der Waals surface area contributed by atoms with Gasteiger partial charge in [-0.05, 0) is 52.9 Å². The molecular weight excluding hydrogens is 198 g/mol. The van der Waals surface area contributed by atoms with Crippen molar-refractivity contribution in [1.29, 1.82) is 0 Å². The Morgan fingerprint density at radius 2 is 1.75 bits per heavy atom. The molecule has 1 fully saturated rings. The van der Waals surface area contributed by atoms with Crippen LogP contribution in [0.5, 0.6) is 0 Å². The predicted molar refractivity (Wildman–Crippen MR) is 69.8 cm³/mol. The van der Waals surface area contributed by atoms with Crippen LogP contribution >= 0.6 is 0 Å². The van der Waals surface area contributed by atoms with E-state index in [1.807, 2.05) is 0 Å². The summed E-state index contributed by atoms with van der Waals surface area (Å²) in [7, 11) is 0. The molecule has 1 saturated carbocycles. The number of ether oxygens (including phenoxy) is 1. The zero-order valence-electron chi connectivity index (χ0n) is 11.5. The van der Waals surface area contributed by atoms with E-state index in [9.17, 15) is 0 Å². The Labute approximate surface area is 101 Å². The number of nitrogens with one attached hydrogen (secondary N) is 1.